The first-order valence-electron chi connectivity index (χ1n) is 9.59. The molecule has 5 rings (SSSR count). The van der Waals surface area contributed by atoms with Crippen molar-refractivity contribution in [2.45, 2.75) is 37.1 Å². The maximum Gasteiger partial charge on any atom is 0.0514 e. The Labute approximate surface area is 155 Å². The summed E-state index contributed by atoms with van der Waals surface area (Å²) in [5.74, 6) is 1.04. The van der Waals surface area contributed by atoms with E-state index in [-0.39, 0.29) is 0 Å². The molecule has 130 valence electrons. The van der Waals surface area contributed by atoms with Gasteiger partial charge in [-0.2, -0.15) is 0 Å². The molecule has 3 N–H and O–H groups in total. The summed E-state index contributed by atoms with van der Waals surface area (Å²) in [7, 11) is 0. The number of fused-ring (bicyclic) bond motifs is 3. The molecule has 0 aromatic heterocycles. The molecule has 2 aromatic rings. The highest BCUT2D eigenvalue weighted by Crippen LogP contribution is 2.44. The van der Waals surface area contributed by atoms with Crippen LogP contribution in [0.15, 0.2) is 72.8 Å². The fourth-order valence-electron chi connectivity index (χ4n) is 4.66. The first-order valence-corrected chi connectivity index (χ1v) is 9.59. The van der Waals surface area contributed by atoms with Crippen LogP contribution in [0.25, 0.3) is 5.57 Å². The third-order valence-electron chi connectivity index (χ3n) is 6.03. The Kier molecular flexibility index (Phi) is 3.70. The van der Waals surface area contributed by atoms with Crippen molar-refractivity contribution in [2.75, 3.05) is 11.1 Å². The van der Waals surface area contributed by atoms with Gasteiger partial charge in [-0.05, 0) is 48.1 Å². The summed E-state index contributed by atoms with van der Waals surface area (Å²) < 4.78 is 0. The van der Waals surface area contributed by atoms with E-state index in [1.54, 1.807) is 0 Å². The van der Waals surface area contributed by atoms with Gasteiger partial charge in [0.1, 0.15) is 0 Å². The monoisotopic (exact) mass is 340 g/mol. The summed E-state index contributed by atoms with van der Waals surface area (Å²) in [4.78, 5) is 0. The van der Waals surface area contributed by atoms with E-state index in [2.05, 4.69) is 66.0 Å². The van der Waals surface area contributed by atoms with Gasteiger partial charge in [-0.1, -0.05) is 60.7 Å². The second-order valence-corrected chi connectivity index (χ2v) is 7.60. The van der Waals surface area contributed by atoms with Crippen LogP contribution in [-0.2, 0) is 0 Å². The fourth-order valence-corrected chi connectivity index (χ4v) is 4.66. The summed E-state index contributed by atoms with van der Waals surface area (Å²) in [5.41, 5.74) is 13.8. The van der Waals surface area contributed by atoms with E-state index in [4.69, 9.17) is 5.73 Å². The molecule has 0 spiro atoms. The summed E-state index contributed by atoms with van der Waals surface area (Å²) in [6.45, 7) is 0. The minimum atomic E-state index is 0.415. The predicted octanol–water partition coefficient (Wildman–Crippen LogP) is 5.62. The number of hydrogen-bond donors (Lipinski definition) is 2. The van der Waals surface area contributed by atoms with Gasteiger partial charge in [0.25, 0.3) is 0 Å². The van der Waals surface area contributed by atoms with Crippen molar-refractivity contribution in [3.05, 3.63) is 89.5 Å². The lowest BCUT2D eigenvalue weighted by Crippen LogP contribution is -2.19. The third-order valence-corrected chi connectivity index (χ3v) is 6.03. The van der Waals surface area contributed by atoms with Gasteiger partial charge in [0.05, 0.1) is 6.04 Å². The maximum absolute atomic E-state index is 6.20. The molecule has 0 saturated heterocycles. The normalized spacial score (nSPS) is 26.0. The Balaban J connectivity index is 1.44. The smallest absolute Gasteiger partial charge is 0.0514 e. The maximum atomic E-state index is 6.20. The number of para-hydroxylation sites is 1. The fraction of sp³-hybridized carbons (Fsp3) is 0.250. The van der Waals surface area contributed by atoms with Crippen molar-refractivity contribution in [1.29, 1.82) is 0 Å². The number of nitrogen functional groups attached to an aromatic ring is 1. The Morgan fingerprint density at radius 1 is 1.04 bits per heavy atom. The first-order chi connectivity index (χ1) is 12.8. The highest BCUT2D eigenvalue weighted by Gasteiger charge is 2.32. The molecule has 0 fully saturated rings. The van der Waals surface area contributed by atoms with Crippen LogP contribution >= 0.6 is 0 Å². The zero-order valence-electron chi connectivity index (χ0n) is 14.9. The number of nitrogens with one attached hydrogen (secondary N) is 1. The van der Waals surface area contributed by atoms with E-state index in [0.717, 1.165) is 12.1 Å². The van der Waals surface area contributed by atoms with Crippen molar-refractivity contribution in [3.8, 4) is 0 Å². The van der Waals surface area contributed by atoms with Crippen LogP contribution in [0.3, 0.4) is 0 Å². The number of hydrogen-bond acceptors (Lipinski definition) is 2. The van der Waals surface area contributed by atoms with Crippen molar-refractivity contribution in [2.24, 2.45) is 0 Å². The zero-order chi connectivity index (χ0) is 17.5. The summed E-state index contributed by atoms with van der Waals surface area (Å²) in [6.07, 6.45) is 14.8. The molecule has 3 unspecified atom stereocenters. The molecule has 2 aromatic carbocycles. The number of rotatable bonds is 2. The molecule has 3 aliphatic rings. The topological polar surface area (TPSA) is 38.0 Å². The van der Waals surface area contributed by atoms with Crippen LogP contribution < -0.4 is 11.1 Å². The lowest BCUT2D eigenvalue weighted by molar-refractivity contribution is 0.597. The molecular weight excluding hydrogens is 316 g/mol. The molecule has 0 saturated carbocycles. The SMILES string of the molecule is Nc1ccccc1C1=CC=CC(c2ccc3c(c2)C2CCC=CC2N3)C1. The zero-order valence-corrected chi connectivity index (χ0v) is 14.9. The van der Waals surface area contributed by atoms with Gasteiger partial charge < -0.3 is 11.1 Å². The molecule has 0 radical (unpaired) electrons. The predicted molar refractivity (Wildman–Crippen MR) is 110 cm³/mol. The van der Waals surface area contributed by atoms with Gasteiger partial charge in [-0.15, -0.1) is 0 Å². The molecule has 26 heavy (non-hydrogen) atoms. The van der Waals surface area contributed by atoms with Crippen LogP contribution in [0.4, 0.5) is 11.4 Å². The summed E-state index contributed by atoms with van der Waals surface area (Å²) in [6, 6.07) is 15.7. The molecule has 0 bridgehead atoms. The van der Waals surface area contributed by atoms with Gasteiger partial charge in [0, 0.05) is 28.8 Å². The van der Waals surface area contributed by atoms with Gasteiger partial charge in [0.2, 0.25) is 0 Å². The number of allylic oxidation sites excluding steroid dienone is 5. The highest BCUT2D eigenvalue weighted by molar-refractivity contribution is 5.77. The van der Waals surface area contributed by atoms with Gasteiger partial charge >= 0.3 is 0 Å². The van der Waals surface area contributed by atoms with Crippen LogP contribution in [0, 0.1) is 0 Å². The van der Waals surface area contributed by atoms with Crippen molar-refractivity contribution >= 4 is 16.9 Å². The van der Waals surface area contributed by atoms with Crippen molar-refractivity contribution in [1.82, 2.24) is 0 Å². The Bertz CT molecular complexity index is 935. The van der Waals surface area contributed by atoms with E-state index in [9.17, 15) is 0 Å². The molecule has 1 heterocycles. The Morgan fingerprint density at radius 2 is 1.96 bits per heavy atom. The lowest BCUT2D eigenvalue weighted by atomic mass is 9.82. The molecule has 3 atom stereocenters. The van der Waals surface area contributed by atoms with Crippen LogP contribution in [-0.4, -0.2) is 6.04 Å². The van der Waals surface area contributed by atoms with E-state index in [1.165, 1.54) is 40.8 Å². The largest absolute Gasteiger partial charge is 0.398 e. The Morgan fingerprint density at radius 3 is 2.88 bits per heavy atom. The number of anilines is 2. The van der Waals surface area contributed by atoms with Crippen molar-refractivity contribution in [3.63, 3.8) is 0 Å². The van der Waals surface area contributed by atoms with Crippen LogP contribution in [0.5, 0.6) is 0 Å². The lowest BCUT2D eigenvalue weighted by Gasteiger charge is -2.22. The minimum Gasteiger partial charge on any atom is -0.398 e. The molecule has 1 aliphatic heterocycles. The van der Waals surface area contributed by atoms with Crippen LogP contribution in [0.1, 0.15) is 47.8 Å². The first kappa shape index (κ1) is 15.5. The van der Waals surface area contributed by atoms with Gasteiger partial charge in [-0.25, -0.2) is 0 Å². The van der Waals surface area contributed by atoms with Gasteiger partial charge in [0.15, 0.2) is 0 Å². The molecule has 2 nitrogen and oxygen atoms in total. The summed E-state index contributed by atoms with van der Waals surface area (Å²) >= 11 is 0. The van der Waals surface area contributed by atoms with Crippen LogP contribution in [0.2, 0.25) is 0 Å². The van der Waals surface area contributed by atoms with E-state index in [0.29, 0.717) is 17.9 Å². The second-order valence-electron chi connectivity index (χ2n) is 7.60. The Hall–Kier alpha value is -2.74. The standard InChI is InChI=1S/C24H24N2/c25-22-10-3-1-8-19(22)18-7-5-6-16(14-18)17-12-13-24-21(15-17)20-9-2-4-11-23(20)26-24/h1,3-8,10-13,15-16,20,23,26H,2,9,14,25H2. The van der Waals surface area contributed by atoms with E-state index < -0.39 is 0 Å². The van der Waals surface area contributed by atoms with Gasteiger partial charge in [-0.3, -0.25) is 0 Å². The molecular formula is C24H24N2. The second kappa shape index (κ2) is 6.21. The number of benzene rings is 2. The van der Waals surface area contributed by atoms with E-state index >= 15 is 0 Å². The minimum absolute atomic E-state index is 0.415. The van der Waals surface area contributed by atoms with Crippen molar-refractivity contribution < 1.29 is 0 Å². The molecule has 2 aliphatic carbocycles. The summed E-state index contributed by atoms with van der Waals surface area (Å²) in [5, 5.41) is 3.68. The third kappa shape index (κ3) is 2.57. The average Bonchev–Trinajstić information content (AvgIpc) is 3.06. The van der Waals surface area contributed by atoms with E-state index in [1.807, 2.05) is 12.1 Å². The highest BCUT2D eigenvalue weighted by atomic mass is 15.0. The quantitative estimate of drug-likeness (QED) is 0.550. The average molecular weight is 340 g/mol. The molecule has 2 heteroatoms. The molecule has 0 amide bonds. The number of nitrogens with two attached hydrogens (primary N) is 1.